The lowest BCUT2D eigenvalue weighted by Crippen LogP contribution is -2.51. The van der Waals surface area contributed by atoms with E-state index in [9.17, 15) is 0 Å². The Hall–Kier alpha value is -0.0800. The largest absolute Gasteiger partial charge is 0.328 e. The van der Waals surface area contributed by atoms with Gasteiger partial charge in [0.15, 0.2) is 0 Å². The predicted octanol–water partition coefficient (Wildman–Crippen LogP) is 2.77. The number of hydrogen-bond acceptors (Lipinski definition) is 2. The lowest BCUT2D eigenvalue weighted by atomic mass is 9.82. The summed E-state index contributed by atoms with van der Waals surface area (Å²) in [6.45, 7) is 5.95. The summed E-state index contributed by atoms with van der Waals surface area (Å²) in [7, 11) is 0. The van der Waals surface area contributed by atoms with Crippen LogP contribution < -0.4 is 5.73 Å². The fraction of sp³-hybridized carbons (Fsp3) is 1.00. The molecule has 1 saturated heterocycles. The van der Waals surface area contributed by atoms with E-state index in [0.717, 1.165) is 12.0 Å². The fourth-order valence-corrected chi connectivity index (χ4v) is 3.65. The third-order valence-electron chi connectivity index (χ3n) is 4.83. The lowest BCUT2D eigenvalue weighted by molar-refractivity contribution is 0.0639. The number of rotatable bonds is 2. The number of nitrogens with zero attached hydrogens (tertiary/aromatic N) is 1. The molecule has 2 N–H and O–H groups in total. The van der Waals surface area contributed by atoms with E-state index in [1.165, 1.54) is 51.5 Å². The average molecular weight is 224 g/mol. The van der Waals surface area contributed by atoms with E-state index in [-0.39, 0.29) is 0 Å². The highest BCUT2D eigenvalue weighted by atomic mass is 15.2. The summed E-state index contributed by atoms with van der Waals surface area (Å²) in [5.41, 5.74) is 6.03. The van der Waals surface area contributed by atoms with Crippen molar-refractivity contribution in [2.24, 2.45) is 11.7 Å². The van der Waals surface area contributed by atoms with Crippen molar-refractivity contribution in [3.8, 4) is 0 Å². The third-order valence-corrected chi connectivity index (χ3v) is 4.83. The minimum atomic E-state index is 0.457. The topological polar surface area (TPSA) is 29.3 Å². The van der Waals surface area contributed by atoms with Gasteiger partial charge in [0.05, 0.1) is 0 Å². The van der Waals surface area contributed by atoms with Crippen LogP contribution in [0.15, 0.2) is 0 Å². The zero-order valence-electron chi connectivity index (χ0n) is 11.0. The van der Waals surface area contributed by atoms with Crippen molar-refractivity contribution in [1.82, 2.24) is 4.90 Å². The minimum Gasteiger partial charge on any atom is -0.328 e. The molecule has 2 fully saturated rings. The summed E-state index contributed by atoms with van der Waals surface area (Å²) >= 11 is 0. The second kappa shape index (κ2) is 5.50. The molecular weight excluding hydrogens is 196 g/mol. The van der Waals surface area contributed by atoms with Crippen molar-refractivity contribution >= 4 is 0 Å². The first-order valence-electron chi connectivity index (χ1n) is 7.22. The van der Waals surface area contributed by atoms with Crippen LogP contribution in [0.1, 0.15) is 58.8 Å². The molecule has 0 aromatic carbocycles. The van der Waals surface area contributed by atoms with Gasteiger partial charge in [-0.15, -0.1) is 0 Å². The molecule has 0 bridgehead atoms. The van der Waals surface area contributed by atoms with Gasteiger partial charge >= 0.3 is 0 Å². The van der Waals surface area contributed by atoms with Crippen molar-refractivity contribution in [3.63, 3.8) is 0 Å². The van der Waals surface area contributed by atoms with Crippen molar-refractivity contribution in [2.45, 2.75) is 76.9 Å². The molecule has 2 rings (SSSR count). The molecule has 1 saturated carbocycles. The van der Waals surface area contributed by atoms with Crippen molar-refractivity contribution < 1.29 is 0 Å². The minimum absolute atomic E-state index is 0.457. The molecule has 1 aliphatic carbocycles. The molecule has 2 atom stereocenters. The second-order valence-electron chi connectivity index (χ2n) is 5.95. The molecule has 2 nitrogen and oxygen atoms in total. The van der Waals surface area contributed by atoms with E-state index < -0.39 is 0 Å². The molecule has 94 valence electrons. The second-order valence-corrected chi connectivity index (χ2v) is 5.95. The number of piperidine rings is 1. The average Bonchev–Trinajstić information content (AvgIpc) is 2.29. The molecule has 1 heterocycles. The fourth-order valence-electron chi connectivity index (χ4n) is 3.65. The highest BCUT2D eigenvalue weighted by Gasteiger charge is 2.31. The highest BCUT2D eigenvalue weighted by Crippen LogP contribution is 2.32. The van der Waals surface area contributed by atoms with Gasteiger partial charge in [-0.3, -0.25) is 4.90 Å². The standard InChI is InChI=1S/C14H28N2/c1-3-12-4-6-14(7-5-12)16-9-8-13(15)10-11(16)2/h11-14H,3-10,15H2,1-2H3. The first kappa shape index (κ1) is 12.4. The van der Waals surface area contributed by atoms with Gasteiger partial charge in [-0.25, -0.2) is 0 Å². The molecule has 2 heteroatoms. The molecule has 1 aliphatic heterocycles. The van der Waals surface area contributed by atoms with Crippen LogP contribution in [0.2, 0.25) is 0 Å². The zero-order chi connectivity index (χ0) is 11.5. The summed E-state index contributed by atoms with van der Waals surface area (Å²) in [5.74, 6) is 1.01. The molecule has 0 aromatic heterocycles. The maximum Gasteiger partial charge on any atom is 0.00983 e. The molecule has 0 radical (unpaired) electrons. The van der Waals surface area contributed by atoms with E-state index in [1.54, 1.807) is 0 Å². The van der Waals surface area contributed by atoms with E-state index in [4.69, 9.17) is 5.73 Å². The van der Waals surface area contributed by atoms with Gasteiger partial charge in [-0.1, -0.05) is 13.3 Å². The van der Waals surface area contributed by atoms with Crippen LogP contribution in [-0.4, -0.2) is 29.6 Å². The Morgan fingerprint density at radius 3 is 2.38 bits per heavy atom. The number of nitrogens with two attached hydrogens (primary N) is 1. The van der Waals surface area contributed by atoms with E-state index in [0.29, 0.717) is 12.1 Å². The Morgan fingerprint density at radius 2 is 1.81 bits per heavy atom. The maximum absolute atomic E-state index is 6.03. The first-order valence-corrected chi connectivity index (χ1v) is 7.22. The molecule has 0 aromatic rings. The zero-order valence-corrected chi connectivity index (χ0v) is 11.0. The maximum atomic E-state index is 6.03. The Balaban J connectivity index is 1.84. The van der Waals surface area contributed by atoms with Crippen LogP contribution in [0.25, 0.3) is 0 Å². The monoisotopic (exact) mass is 224 g/mol. The van der Waals surface area contributed by atoms with E-state index in [1.807, 2.05) is 0 Å². The summed E-state index contributed by atoms with van der Waals surface area (Å²) in [5, 5.41) is 0. The smallest absolute Gasteiger partial charge is 0.00983 e. The normalized spacial score (nSPS) is 42.2. The summed E-state index contributed by atoms with van der Waals surface area (Å²) in [6, 6.07) is 2.04. The highest BCUT2D eigenvalue weighted by molar-refractivity contribution is 4.87. The van der Waals surface area contributed by atoms with Crippen LogP contribution in [0, 0.1) is 5.92 Å². The van der Waals surface area contributed by atoms with Gasteiger partial charge in [0.25, 0.3) is 0 Å². The van der Waals surface area contributed by atoms with Crippen molar-refractivity contribution in [1.29, 1.82) is 0 Å². The van der Waals surface area contributed by atoms with E-state index >= 15 is 0 Å². The van der Waals surface area contributed by atoms with Crippen LogP contribution >= 0.6 is 0 Å². The van der Waals surface area contributed by atoms with Gasteiger partial charge in [0.1, 0.15) is 0 Å². The summed E-state index contributed by atoms with van der Waals surface area (Å²) < 4.78 is 0. The Morgan fingerprint density at radius 1 is 1.12 bits per heavy atom. The van der Waals surface area contributed by atoms with Gasteiger partial charge in [-0.05, 0) is 51.4 Å². The Labute approximate surface area is 101 Å². The van der Waals surface area contributed by atoms with Crippen molar-refractivity contribution in [3.05, 3.63) is 0 Å². The van der Waals surface area contributed by atoms with Gasteiger partial charge < -0.3 is 5.73 Å². The number of likely N-dealkylation sites (tertiary alicyclic amines) is 1. The molecular formula is C14H28N2. The Bertz CT molecular complexity index is 209. The lowest BCUT2D eigenvalue weighted by Gasteiger charge is -2.44. The van der Waals surface area contributed by atoms with Gasteiger partial charge in [0, 0.05) is 24.7 Å². The first-order chi connectivity index (χ1) is 7.70. The number of hydrogen-bond donors (Lipinski definition) is 1. The van der Waals surface area contributed by atoms with Crippen molar-refractivity contribution in [2.75, 3.05) is 6.54 Å². The third kappa shape index (κ3) is 2.78. The Kier molecular flexibility index (Phi) is 4.26. The van der Waals surface area contributed by atoms with Gasteiger partial charge in [0.2, 0.25) is 0 Å². The van der Waals surface area contributed by atoms with E-state index in [2.05, 4.69) is 18.7 Å². The molecule has 2 aliphatic rings. The van der Waals surface area contributed by atoms with Crippen LogP contribution in [0.4, 0.5) is 0 Å². The van der Waals surface area contributed by atoms with Crippen LogP contribution in [0.5, 0.6) is 0 Å². The van der Waals surface area contributed by atoms with Crippen LogP contribution in [0.3, 0.4) is 0 Å². The molecule has 2 unspecified atom stereocenters. The molecule has 0 spiro atoms. The van der Waals surface area contributed by atoms with Crippen LogP contribution in [-0.2, 0) is 0 Å². The molecule has 16 heavy (non-hydrogen) atoms. The SMILES string of the molecule is CCC1CCC(N2CCC(N)CC2C)CC1. The summed E-state index contributed by atoms with van der Waals surface area (Å²) in [6.07, 6.45) is 9.56. The molecule has 0 amide bonds. The quantitative estimate of drug-likeness (QED) is 0.781. The predicted molar refractivity (Wildman–Crippen MR) is 69.4 cm³/mol. The summed E-state index contributed by atoms with van der Waals surface area (Å²) in [4.78, 5) is 2.75. The van der Waals surface area contributed by atoms with Gasteiger partial charge in [-0.2, -0.15) is 0 Å².